The zero-order valence-corrected chi connectivity index (χ0v) is 14.3. The molecule has 0 spiro atoms. The topological polar surface area (TPSA) is 71.9 Å². The van der Waals surface area contributed by atoms with Crippen LogP contribution in [0.2, 0.25) is 0 Å². The third kappa shape index (κ3) is 4.29. The third-order valence-corrected chi connectivity index (χ3v) is 3.66. The van der Waals surface area contributed by atoms with Crippen molar-refractivity contribution in [2.75, 3.05) is 31.6 Å². The quantitative estimate of drug-likeness (QED) is 0.862. The second kappa shape index (κ2) is 6.78. The number of carbonyl (C=O) groups is 1. The van der Waals surface area contributed by atoms with Gasteiger partial charge in [0.2, 0.25) is 0 Å². The summed E-state index contributed by atoms with van der Waals surface area (Å²) in [4.78, 5) is 18.2. The van der Waals surface area contributed by atoms with E-state index in [0.717, 1.165) is 0 Å². The molecule has 0 saturated heterocycles. The van der Waals surface area contributed by atoms with Crippen molar-refractivity contribution in [2.24, 2.45) is 4.36 Å². The zero-order chi connectivity index (χ0) is 17.0. The van der Waals surface area contributed by atoms with Crippen LogP contribution in [0.5, 0.6) is 5.75 Å². The van der Waals surface area contributed by atoms with Crippen LogP contribution < -0.4 is 9.64 Å². The first-order valence-corrected chi connectivity index (χ1v) is 9.19. The lowest BCUT2D eigenvalue weighted by atomic mass is 10.2. The predicted octanol–water partition coefficient (Wildman–Crippen LogP) is 2.73. The summed E-state index contributed by atoms with van der Waals surface area (Å²) in [5, 5.41) is 0. The highest BCUT2D eigenvalue weighted by Crippen LogP contribution is 2.25. The van der Waals surface area contributed by atoms with Crippen LogP contribution in [0.1, 0.15) is 10.4 Å². The molecule has 6 nitrogen and oxygen atoms in total. The number of ether oxygens (including phenoxy) is 1. The fraction of sp³-hybridized carbons (Fsp3) is 0.250. The number of methoxy groups -OCH3 is 1. The number of aromatic nitrogens is 1. The molecule has 122 valence electrons. The van der Waals surface area contributed by atoms with Gasteiger partial charge in [0.15, 0.2) is 11.6 Å². The number of benzene rings is 1. The molecule has 2 rings (SSSR count). The maximum atomic E-state index is 12.6. The molecule has 1 heterocycles. The first-order valence-electron chi connectivity index (χ1n) is 6.86. The molecule has 0 unspecified atom stereocenters. The van der Waals surface area contributed by atoms with E-state index >= 15 is 0 Å². The first kappa shape index (κ1) is 17.0. The number of nitrogens with zero attached hydrogens (tertiary/aromatic N) is 3. The van der Waals surface area contributed by atoms with E-state index in [2.05, 4.69) is 9.35 Å². The molecule has 0 saturated carbocycles. The summed E-state index contributed by atoms with van der Waals surface area (Å²) < 4.78 is 21.1. The molecule has 23 heavy (non-hydrogen) atoms. The summed E-state index contributed by atoms with van der Waals surface area (Å²) in [6.07, 6.45) is 4.69. The fourth-order valence-electron chi connectivity index (χ4n) is 2.03. The number of amides is 1. The number of hydrogen-bond donors (Lipinski definition) is 0. The van der Waals surface area contributed by atoms with Crippen molar-refractivity contribution in [1.82, 2.24) is 4.98 Å². The summed E-state index contributed by atoms with van der Waals surface area (Å²) in [6, 6.07) is 10.2. The van der Waals surface area contributed by atoms with Gasteiger partial charge < -0.3 is 4.74 Å². The van der Waals surface area contributed by atoms with Gasteiger partial charge in [-0.1, -0.05) is 6.07 Å². The van der Waals surface area contributed by atoms with E-state index in [1.54, 1.807) is 62.2 Å². The minimum atomic E-state index is -2.28. The van der Waals surface area contributed by atoms with Crippen LogP contribution in [0.4, 0.5) is 11.5 Å². The van der Waals surface area contributed by atoms with Crippen molar-refractivity contribution in [2.45, 2.75) is 0 Å². The van der Waals surface area contributed by atoms with Crippen molar-refractivity contribution in [3.8, 4) is 5.75 Å². The normalized spacial score (nSPS) is 11.0. The highest BCUT2D eigenvalue weighted by molar-refractivity contribution is 7.92. The van der Waals surface area contributed by atoms with Gasteiger partial charge in [-0.05, 0) is 30.3 Å². The Labute approximate surface area is 136 Å². The van der Waals surface area contributed by atoms with Gasteiger partial charge in [-0.25, -0.2) is 9.19 Å². The molecular weight excluding hydrogens is 314 g/mol. The number of hydrogen-bond acceptors (Lipinski definition) is 5. The van der Waals surface area contributed by atoms with Crippen LogP contribution in [-0.2, 0) is 9.73 Å². The lowest BCUT2D eigenvalue weighted by Gasteiger charge is -2.18. The Morgan fingerprint density at radius 2 is 2.00 bits per heavy atom. The second-order valence-electron chi connectivity index (χ2n) is 5.22. The first-order chi connectivity index (χ1) is 10.8. The van der Waals surface area contributed by atoms with E-state index < -0.39 is 9.73 Å². The van der Waals surface area contributed by atoms with E-state index in [-0.39, 0.29) is 5.91 Å². The largest absolute Gasteiger partial charge is 0.493 e. The maximum absolute atomic E-state index is 12.6. The van der Waals surface area contributed by atoms with Gasteiger partial charge in [0.05, 0.1) is 12.8 Å². The number of pyridine rings is 1. The third-order valence-electron chi connectivity index (χ3n) is 3.01. The van der Waals surface area contributed by atoms with Gasteiger partial charge >= 0.3 is 0 Å². The van der Waals surface area contributed by atoms with Crippen LogP contribution >= 0.6 is 0 Å². The summed E-state index contributed by atoms with van der Waals surface area (Å²) in [7, 11) is 0.865. The molecule has 0 fully saturated rings. The lowest BCUT2D eigenvalue weighted by Crippen LogP contribution is -2.27. The van der Waals surface area contributed by atoms with Gasteiger partial charge in [0, 0.05) is 41.0 Å². The molecule has 2 aromatic rings. The van der Waals surface area contributed by atoms with E-state index in [9.17, 15) is 9.00 Å². The highest BCUT2D eigenvalue weighted by atomic mass is 32.2. The molecule has 0 atom stereocenters. The monoisotopic (exact) mass is 333 g/mol. The van der Waals surface area contributed by atoms with Crippen molar-refractivity contribution in [3.05, 3.63) is 48.2 Å². The molecule has 0 aliphatic rings. The smallest absolute Gasteiger partial charge is 0.259 e. The van der Waals surface area contributed by atoms with Crippen LogP contribution in [0.25, 0.3) is 0 Å². The van der Waals surface area contributed by atoms with E-state index in [1.807, 2.05) is 0 Å². The van der Waals surface area contributed by atoms with Crippen LogP contribution in [0.3, 0.4) is 0 Å². The van der Waals surface area contributed by atoms with Crippen molar-refractivity contribution in [3.63, 3.8) is 0 Å². The molecule has 1 amide bonds. The van der Waals surface area contributed by atoms with Gasteiger partial charge in [-0.2, -0.15) is 4.36 Å². The molecule has 1 aromatic carbocycles. The Balaban J connectivity index is 2.37. The molecule has 1 aromatic heterocycles. The minimum absolute atomic E-state index is 0.252. The van der Waals surface area contributed by atoms with Crippen LogP contribution in [0.15, 0.2) is 47.0 Å². The van der Waals surface area contributed by atoms with Crippen LogP contribution in [0, 0.1) is 0 Å². The Morgan fingerprint density at radius 1 is 1.26 bits per heavy atom. The standard InChI is InChI=1S/C16H19N3O3S/c1-19(15-14(22-2)9-6-10-17-15)16(20)12-7-5-8-13(11-12)18-23(3,4)21/h5-11H,1-4H3. The molecule has 0 aliphatic carbocycles. The molecule has 0 N–H and O–H groups in total. The van der Waals surface area contributed by atoms with E-state index in [4.69, 9.17) is 4.74 Å². The molecule has 7 heteroatoms. The van der Waals surface area contributed by atoms with Gasteiger partial charge in [-0.15, -0.1) is 0 Å². The summed E-state index contributed by atoms with van der Waals surface area (Å²) in [5.41, 5.74) is 0.942. The Hall–Kier alpha value is -2.41. The minimum Gasteiger partial charge on any atom is -0.493 e. The summed E-state index contributed by atoms with van der Waals surface area (Å²) in [6.45, 7) is 0. The van der Waals surface area contributed by atoms with Crippen molar-refractivity contribution >= 4 is 27.1 Å². The van der Waals surface area contributed by atoms with Gasteiger partial charge in [0.25, 0.3) is 5.91 Å². The Bertz CT molecular complexity index is 834. The van der Waals surface area contributed by atoms with E-state index in [0.29, 0.717) is 22.8 Å². The zero-order valence-electron chi connectivity index (χ0n) is 13.5. The van der Waals surface area contributed by atoms with Crippen molar-refractivity contribution in [1.29, 1.82) is 0 Å². The van der Waals surface area contributed by atoms with Gasteiger partial charge in [-0.3, -0.25) is 9.69 Å². The SMILES string of the molecule is COc1cccnc1N(C)C(=O)c1cccc(N=S(C)(C)=O)c1. The maximum Gasteiger partial charge on any atom is 0.259 e. The number of rotatable bonds is 4. The average Bonchev–Trinajstić information content (AvgIpc) is 2.52. The lowest BCUT2D eigenvalue weighted by molar-refractivity contribution is 0.0991. The van der Waals surface area contributed by atoms with Gasteiger partial charge in [0.1, 0.15) is 0 Å². The van der Waals surface area contributed by atoms with E-state index in [1.165, 1.54) is 12.0 Å². The van der Waals surface area contributed by atoms with Crippen molar-refractivity contribution < 1.29 is 13.7 Å². The Morgan fingerprint density at radius 3 is 2.65 bits per heavy atom. The molecule has 0 aliphatic heterocycles. The summed E-state index contributed by atoms with van der Waals surface area (Å²) in [5.74, 6) is 0.684. The molecular formula is C16H19N3O3S. The molecule has 0 bridgehead atoms. The molecule has 0 radical (unpaired) electrons. The predicted molar refractivity (Wildman–Crippen MR) is 92.0 cm³/mol. The highest BCUT2D eigenvalue weighted by Gasteiger charge is 2.18. The summed E-state index contributed by atoms with van der Waals surface area (Å²) >= 11 is 0. The fourth-order valence-corrected chi connectivity index (χ4v) is 2.65. The second-order valence-corrected chi connectivity index (χ2v) is 7.76. The Kier molecular flexibility index (Phi) is 5.00. The average molecular weight is 333 g/mol. The number of carbonyl (C=O) groups excluding carboxylic acids is 1. The number of anilines is 1. The van der Waals surface area contributed by atoms with Crippen LogP contribution in [-0.4, -0.2) is 41.8 Å².